The number of anilines is 1. The van der Waals surface area contributed by atoms with E-state index in [9.17, 15) is 9.59 Å². The van der Waals surface area contributed by atoms with E-state index in [-0.39, 0.29) is 12.5 Å². The van der Waals surface area contributed by atoms with Crippen molar-refractivity contribution in [2.75, 3.05) is 11.9 Å². The Morgan fingerprint density at radius 2 is 1.92 bits per heavy atom. The van der Waals surface area contributed by atoms with Crippen LogP contribution in [-0.4, -0.2) is 18.5 Å². The Hall–Kier alpha value is -2.40. The number of benzene rings is 2. The van der Waals surface area contributed by atoms with Crippen LogP contribution in [0.5, 0.6) is 0 Å². The van der Waals surface area contributed by atoms with Crippen molar-refractivity contribution in [3.63, 3.8) is 0 Å². The summed E-state index contributed by atoms with van der Waals surface area (Å²) in [5.41, 5.74) is 3.63. The maximum Gasteiger partial charge on any atom is 0.331 e. The highest BCUT2D eigenvalue weighted by Gasteiger charge is 2.07. The first-order valence-electron chi connectivity index (χ1n) is 7.42. The van der Waals surface area contributed by atoms with E-state index in [1.165, 1.54) is 6.08 Å². The van der Waals surface area contributed by atoms with Crippen molar-refractivity contribution in [2.24, 2.45) is 0 Å². The van der Waals surface area contributed by atoms with E-state index in [0.717, 1.165) is 21.2 Å². The number of aryl methyl sites for hydroxylation is 2. The fourth-order valence-electron chi connectivity index (χ4n) is 2.01. The quantitative estimate of drug-likeness (QED) is 0.615. The molecule has 0 fully saturated rings. The third-order valence-electron chi connectivity index (χ3n) is 3.32. The van der Waals surface area contributed by atoms with Crippen LogP contribution in [0, 0.1) is 13.8 Å². The van der Waals surface area contributed by atoms with Crippen molar-refractivity contribution in [1.29, 1.82) is 0 Å². The Kier molecular flexibility index (Phi) is 6.32. The van der Waals surface area contributed by atoms with Crippen LogP contribution in [0.3, 0.4) is 0 Å². The molecule has 0 radical (unpaired) electrons. The van der Waals surface area contributed by atoms with Crippen molar-refractivity contribution < 1.29 is 14.3 Å². The van der Waals surface area contributed by atoms with Crippen LogP contribution in [0.2, 0.25) is 0 Å². The maximum atomic E-state index is 11.8. The van der Waals surface area contributed by atoms with Gasteiger partial charge in [-0.25, -0.2) is 4.79 Å². The minimum Gasteiger partial charge on any atom is -0.452 e. The third-order valence-corrected chi connectivity index (χ3v) is 4.01. The van der Waals surface area contributed by atoms with Gasteiger partial charge in [-0.15, -0.1) is 0 Å². The van der Waals surface area contributed by atoms with Gasteiger partial charge in [0.2, 0.25) is 0 Å². The summed E-state index contributed by atoms with van der Waals surface area (Å²) in [5, 5.41) is 2.71. The molecular weight excluding hydrogens is 370 g/mol. The van der Waals surface area contributed by atoms with E-state index in [2.05, 4.69) is 21.2 Å². The molecule has 0 atom stereocenters. The molecule has 1 N–H and O–H groups in total. The van der Waals surface area contributed by atoms with Crippen LogP contribution < -0.4 is 5.32 Å². The molecule has 0 saturated carbocycles. The number of esters is 1. The molecule has 4 nitrogen and oxygen atoms in total. The Morgan fingerprint density at radius 1 is 1.17 bits per heavy atom. The average Bonchev–Trinajstić information content (AvgIpc) is 2.54. The second-order valence-corrected chi connectivity index (χ2v) is 6.18. The zero-order valence-corrected chi connectivity index (χ0v) is 15.1. The average molecular weight is 388 g/mol. The fraction of sp³-hybridized carbons (Fsp3) is 0.158. The highest BCUT2D eigenvalue weighted by atomic mass is 79.9. The number of nitrogens with one attached hydrogen (secondary N) is 1. The predicted octanol–water partition coefficient (Wildman–Crippen LogP) is 4.26. The summed E-state index contributed by atoms with van der Waals surface area (Å²) in [6.45, 7) is 3.55. The van der Waals surface area contributed by atoms with Crippen LogP contribution in [0.15, 0.2) is 53.0 Å². The van der Waals surface area contributed by atoms with Gasteiger partial charge < -0.3 is 10.1 Å². The molecule has 0 heterocycles. The van der Waals surface area contributed by atoms with Crippen molar-refractivity contribution in [1.82, 2.24) is 0 Å². The van der Waals surface area contributed by atoms with Gasteiger partial charge in [-0.1, -0.05) is 46.3 Å². The number of para-hydroxylation sites is 1. The first kappa shape index (κ1) is 17.9. The predicted molar refractivity (Wildman–Crippen MR) is 98.7 cm³/mol. The maximum absolute atomic E-state index is 11.8. The first-order chi connectivity index (χ1) is 11.5. The normalized spacial score (nSPS) is 10.6. The standard InChI is InChI=1S/C19H18BrNO3/c1-13-7-8-15(16(20)11-13)9-10-19(23)24-12-18(22)21-17-6-4-3-5-14(17)2/h3-11H,12H2,1-2H3,(H,21,22)/b10-9+. The lowest BCUT2D eigenvalue weighted by molar-refractivity contribution is -0.142. The second kappa shape index (κ2) is 8.45. The molecule has 2 aromatic rings. The number of ether oxygens (including phenoxy) is 1. The highest BCUT2D eigenvalue weighted by molar-refractivity contribution is 9.10. The SMILES string of the molecule is Cc1ccc(/C=C/C(=O)OCC(=O)Nc2ccccc2C)c(Br)c1. The van der Waals surface area contributed by atoms with Gasteiger partial charge in [0.05, 0.1) is 0 Å². The summed E-state index contributed by atoms with van der Waals surface area (Å²) in [5.74, 6) is -0.940. The molecule has 5 heteroatoms. The Morgan fingerprint density at radius 3 is 2.62 bits per heavy atom. The number of carbonyl (C=O) groups is 2. The van der Waals surface area contributed by atoms with E-state index < -0.39 is 5.97 Å². The summed E-state index contributed by atoms with van der Waals surface area (Å²) in [4.78, 5) is 23.5. The van der Waals surface area contributed by atoms with Crippen LogP contribution in [-0.2, 0) is 14.3 Å². The van der Waals surface area contributed by atoms with Crippen LogP contribution in [0.25, 0.3) is 6.08 Å². The molecule has 2 rings (SSSR count). The van der Waals surface area contributed by atoms with Gasteiger partial charge >= 0.3 is 5.97 Å². The molecule has 0 aliphatic heterocycles. The molecule has 0 saturated heterocycles. The van der Waals surface area contributed by atoms with Gasteiger partial charge in [0.15, 0.2) is 6.61 Å². The van der Waals surface area contributed by atoms with Crippen LogP contribution in [0.1, 0.15) is 16.7 Å². The second-order valence-electron chi connectivity index (χ2n) is 5.33. The minimum atomic E-state index is -0.567. The molecule has 0 aliphatic carbocycles. The van der Waals surface area contributed by atoms with Crippen LogP contribution in [0.4, 0.5) is 5.69 Å². The Labute approximate surface area is 149 Å². The molecule has 0 bridgehead atoms. The van der Waals surface area contributed by atoms with E-state index >= 15 is 0 Å². The van der Waals surface area contributed by atoms with Crippen molar-refractivity contribution in [2.45, 2.75) is 13.8 Å². The van der Waals surface area contributed by atoms with Gasteiger partial charge in [-0.3, -0.25) is 4.79 Å². The fourth-order valence-corrected chi connectivity index (χ4v) is 2.63. The lowest BCUT2D eigenvalue weighted by atomic mass is 10.1. The number of rotatable bonds is 5. The number of halogens is 1. The molecule has 0 aromatic heterocycles. The van der Waals surface area contributed by atoms with Crippen molar-refractivity contribution in [3.05, 3.63) is 69.7 Å². The van der Waals surface area contributed by atoms with Gasteiger partial charge in [0.25, 0.3) is 5.91 Å². The molecule has 124 valence electrons. The molecule has 2 aromatic carbocycles. The summed E-state index contributed by atoms with van der Waals surface area (Å²) in [6, 6.07) is 13.2. The van der Waals surface area contributed by atoms with Crippen LogP contribution >= 0.6 is 15.9 Å². The molecule has 24 heavy (non-hydrogen) atoms. The molecule has 0 aliphatic rings. The Balaban J connectivity index is 1.85. The largest absolute Gasteiger partial charge is 0.452 e. The van der Waals surface area contributed by atoms with Gasteiger partial charge in [0, 0.05) is 16.2 Å². The summed E-state index contributed by atoms with van der Waals surface area (Å²) >= 11 is 3.44. The lowest BCUT2D eigenvalue weighted by Crippen LogP contribution is -2.20. The van der Waals surface area contributed by atoms with E-state index in [0.29, 0.717) is 5.69 Å². The molecule has 1 amide bonds. The Bertz CT molecular complexity index is 784. The highest BCUT2D eigenvalue weighted by Crippen LogP contribution is 2.19. The summed E-state index contributed by atoms with van der Waals surface area (Å²) < 4.78 is 5.84. The number of carbonyl (C=O) groups excluding carboxylic acids is 2. The lowest BCUT2D eigenvalue weighted by Gasteiger charge is -2.07. The van der Waals surface area contributed by atoms with E-state index in [1.54, 1.807) is 12.1 Å². The first-order valence-corrected chi connectivity index (χ1v) is 8.21. The van der Waals surface area contributed by atoms with Gasteiger partial charge in [-0.2, -0.15) is 0 Å². The van der Waals surface area contributed by atoms with Crippen molar-refractivity contribution in [3.8, 4) is 0 Å². The molecular formula is C19H18BrNO3. The van der Waals surface area contributed by atoms with Gasteiger partial charge in [0.1, 0.15) is 0 Å². The van der Waals surface area contributed by atoms with E-state index in [4.69, 9.17) is 4.74 Å². The molecule has 0 unspecified atom stereocenters. The number of amides is 1. The number of hydrogen-bond donors (Lipinski definition) is 1. The zero-order valence-electron chi connectivity index (χ0n) is 13.5. The van der Waals surface area contributed by atoms with Gasteiger partial charge in [-0.05, 0) is 48.7 Å². The van der Waals surface area contributed by atoms with E-state index in [1.807, 2.05) is 50.2 Å². The summed E-state index contributed by atoms with van der Waals surface area (Å²) in [7, 11) is 0. The minimum absolute atomic E-state index is 0.327. The third kappa shape index (κ3) is 5.35. The zero-order chi connectivity index (χ0) is 17.5. The smallest absolute Gasteiger partial charge is 0.331 e. The monoisotopic (exact) mass is 387 g/mol. The topological polar surface area (TPSA) is 55.4 Å². The number of hydrogen-bond acceptors (Lipinski definition) is 3. The van der Waals surface area contributed by atoms with Crippen molar-refractivity contribution >= 4 is 39.6 Å². The molecule has 0 spiro atoms. The summed E-state index contributed by atoms with van der Waals surface area (Å²) in [6.07, 6.45) is 2.95.